The SMILES string of the molecule is CCN1CCN(CCNc2ncc3cc(-c4cc(OC)cc(OC)c4Cl)c(=O)n(CCOC4CN(C(=O)C=C(C)C)C4)c3n2)CC1. The smallest absolute Gasteiger partial charge is 0.260 e. The van der Waals surface area contributed by atoms with Crippen molar-refractivity contribution in [2.75, 3.05) is 85.0 Å². The predicted molar refractivity (Wildman–Crippen MR) is 180 cm³/mol. The molecule has 5 rings (SSSR count). The molecule has 0 unspecified atom stereocenters. The van der Waals surface area contributed by atoms with Crippen LogP contribution in [0.15, 0.2) is 40.8 Å². The van der Waals surface area contributed by atoms with Crippen molar-refractivity contribution in [1.29, 1.82) is 0 Å². The standard InChI is InChI=1S/C33H44ClN7O5/c1-6-38-9-11-39(12-10-38)8-7-35-33-36-19-23-16-27(26-17-24(44-4)18-28(45-5)30(26)34)32(43)41(31(23)37-33)13-14-46-25-20-40(21-25)29(42)15-22(2)3/h15-19,25H,6-14,20-21H2,1-5H3,(H,35,36,37). The van der Waals surface area contributed by atoms with E-state index in [1.54, 1.807) is 47.0 Å². The van der Waals surface area contributed by atoms with Gasteiger partial charge in [0, 0.05) is 87.2 Å². The Morgan fingerprint density at radius 3 is 2.46 bits per heavy atom. The number of pyridine rings is 1. The van der Waals surface area contributed by atoms with Crippen LogP contribution in [0.3, 0.4) is 0 Å². The van der Waals surface area contributed by atoms with Gasteiger partial charge < -0.3 is 29.3 Å². The second-order valence-electron chi connectivity index (χ2n) is 11.8. The van der Waals surface area contributed by atoms with Crippen LogP contribution in [0.25, 0.3) is 22.2 Å². The molecule has 0 radical (unpaired) electrons. The number of carbonyl (C=O) groups excluding carboxylic acids is 1. The lowest BCUT2D eigenvalue weighted by Gasteiger charge is -2.38. The van der Waals surface area contributed by atoms with Gasteiger partial charge in [-0.15, -0.1) is 0 Å². The molecular weight excluding hydrogens is 610 g/mol. The summed E-state index contributed by atoms with van der Waals surface area (Å²) in [5.41, 5.74) is 2.02. The molecule has 13 heteroatoms. The number of rotatable bonds is 13. The molecule has 46 heavy (non-hydrogen) atoms. The minimum Gasteiger partial charge on any atom is -0.497 e. The number of nitrogens with one attached hydrogen (secondary N) is 1. The molecule has 4 heterocycles. The normalized spacial score (nSPS) is 15.9. The number of halogens is 1. The summed E-state index contributed by atoms with van der Waals surface area (Å²) >= 11 is 6.72. The average molecular weight is 654 g/mol. The molecule has 2 aromatic heterocycles. The number of carbonyl (C=O) groups is 1. The first kappa shape index (κ1) is 33.6. The van der Waals surface area contributed by atoms with Crippen LogP contribution in [0.2, 0.25) is 5.02 Å². The van der Waals surface area contributed by atoms with Gasteiger partial charge in [0.15, 0.2) is 0 Å². The van der Waals surface area contributed by atoms with E-state index < -0.39 is 0 Å². The highest BCUT2D eigenvalue weighted by Gasteiger charge is 2.30. The molecule has 2 aliphatic heterocycles. The van der Waals surface area contributed by atoms with E-state index in [9.17, 15) is 9.59 Å². The summed E-state index contributed by atoms with van der Waals surface area (Å²) in [4.78, 5) is 42.4. The largest absolute Gasteiger partial charge is 0.497 e. The quantitative estimate of drug-likeness (QED) is 0.276. The minimum atomic E-state index is -0.277. The number of allylic oxidation sites excluding steroid dienone is 1. The topological polar surface area (TPSA) is 114 Å². The first-order valence-electron chi connectivity index (χ1n) is 15.8. The van der Waals surface area contributed by atoms with Gasteiger partial charge in [0.1, 0.15) is 17.1 Å². The molecule has 0 spiro atoms. The van der Waals surface area contributed by atoms with Crippen molar-refractivity contribution in [3.8, 4) is 22.6 Å². The van der Waals surface area contributed by atoms with Crippen molar-refractivity contribution in [3.05, 3.63) is 51.4 Å². The monoisotopic (exact) mass is 653 g/mol. The number of hydrogen-bond donors (Lipinski definition) is 1. The Kier molecular flexibility index (Phi) is 11.2. The number of likely N-dealkylation sites (N-methyl/N-ethyl adjacent to an activating group) is 1. The molecule has 1 amide bonds. The van der Waals surface area contributed by atoms with Crippen molar-refractivity contribution in [2.45, 2.75) is 33.4 Å². The van der Waals surface area contributed by atoms with Crippen molar-refractivity contribution >= 4 is 34.5 Å². The van der Waals surface area contributed by atoms with E-state index in [0.29, 0.717) is 64.3 Å². The minimum absolute atomic E-state index is 0.0136. The molecule has 0 aliphatic carbocycles. The zero-order chi connectivity index (χ0) is 32.8. The van der Waals surface area contributed by atoms with E-state index in [0.717, 1.165) is 44.8 Å². The molecule has 3 aromatic rings. The third-order valence-electron chi connectivity index (χ3n) is 8.45. The second kappa shape index (κ2) is 15.3. The highest BCUT2D eigenvalue weighted by Crippen LogP contribution is 2.38. The number of anilines is 1. The molecule has 1 aromatic carbocycles. The predicted octanol–water partition coefficient (Wildman–Crippen LogP) is 3.37. The number of piperazine rings is 1. The number of fused-ring (bicyclic) bond motifs is 1. The summed E-state index contributed by atoms with van der Waals surface area (Å²) in [6.45, 7) is 14.4. The molecule has 0 saturated carbocycles. The van der Waals surface area contributed by atoms with E-state index in [1.165, 1.54) is 7.11 Å². The number of aromatic nitrogens is 3. The van der Waals surface area contributed by atoms with E-state index in [1.807, 2.05) is 13.8 Å². The highest BCUT2D eigenvalue weighted by molar-refractivity contribution is 6.35. The maximum atomic E-state index is 14.1. The van der Waals surface area contributed by atoms with E-state index in [-0.39, 0.29) is 30.7 Å². The van der Waals surface area contributed by atoms with Gasteiger partial charge in [-0.05, 0) is 32.5 Å². The number of benzene rings is 1. The van der Waals surface area contributed by atoms with Crippen LogP contribution >= 0.6 is 11.6 Å². The van der Waals surface area contributed by atoms with Gasteiger partial charge in [0.2, 0.25) is 11.9 Å². The average Bonchev–Trinajstić information content (AvgIpc) is 3.03. The lowest BCUT2D eigenvalue weighted by Crippen LogP contribution is -2.54. The maximum Gasteiger partial charge on any atom is 0.260 e. The van der Waals surface area contributed by atoms with Gasteiger partial charge >= 0.3 is 0 Å². The van der Waals surface area contributed by atoms with Gasteiger partial charge in [0.25, 0.3) is 5.56 Å². The maximum absolute atomic E-state index is 14.1. The first-order valence-corrected chi connectivity index (χ1v) is 16.1. The first-order chi connectivity index (χ1) is 22.2. The Hall–Kier alpha value is -3.71. The van der Waals surface area contributed by atoms with Crippen LogP contribution in [0, 0.1) is 0 Å². The number of ether oxygens (including phenoxy) is 3. The number of hydrogen-bond acceptors (Lipinski definition) is 10. The number of nitrogens with zero attached hydrogens (tertiary/aromatic N) is 6. The summed E-state index contributed by atoms with van der Waals surface area (Å²) in [6.07, 6.45) is 3.25. The fourth-order valence-electron chi connectivity index (χ4n) is 5.71. The molecule has 2 saturated heterocycles. The van der Waals surface area contributed by atoms with Gasteiger partial charge in [-0.3, -0.25) is 19.1 Å². The number of amides is 1. The summed E-state index contributed by atoms with van der Waals surface area (Å²) in [5, 5.41) is 4.32. The number of methoxy groups -OCH3 is 2. The Labute approximate surface area is 274 Å². The fraction of sp³-hybridized carbons (Fsp3) is 0.515. The molecule has 248 valence electrons. The van der Waals surface area contributed by atoms with Crippen LogP contribution in [0.5, 0.6) is 11.5 Å². The Morgan fingerprint density at radius 1 is 1.04 bits per heavy atom. The summed E-state index contributed by atoms with van der Waals surface area (Å²) < 4.78 is 18.6. The molecule has 0 bridgehead atoms. The van der Waals surface area contributed by atoms with Crippen LogP contribution in [-0.4, -0.2) is 121 Å². The van der Waals surface area contributed by atoms with Crippen molar-refractivity contribution in [3.63, 3.8) is 0 Å². The fourth-order valence-corrected chi connectivity index (χ4v) is 5.99. The van der Waals surface area contributed by atoms with Crippen molar-refractivity contribution < 1.29 is 19.0 Å². The lowest BCUT2D eigenvalue weighted by molar-refractivity contribution is -0.139. The highest BCUT2D eigenvalue weighted by atomic mass is 35.5. The molecule has 12 nitrogen and oxygen atoms in total. The summed E-state index contributed by atoms with van der Waals surface area (Å²) in [5.74, 6) is 1.35. The van der Waals surface area contributed by atoms with Gasteiger partial charge in [0.05, 0.1) is 38.5 Å². The van der Waals surface area contributed by atoms with Gasteiger partial charge in [-0.2, -0.15) is 4.98 Å². The van der Waals surface area contributed by atoms with Crippen molar-refractivity contribution in [1.82, 2.24) is 29.2 Å². The Morgan fingerprint density at radius 2 is 1.78 bits per heavy atom. The van der Waals surface area contributed by atoms with Crippen LogP contribution in [0.1, 0.15) is 20.8 Å². The van der Waals surface area contributed by atoms with E-state index in [2.05, 4.69) is 27.0 Å². The molecule has 0 atom stereocenters. The van der Waals surface area contributed by atoms with Crippen molar-refractivity contribution in [2.24, 2.45) is 0 Å². The Bertz CT molecular complexity index is 1630. The zero-order valence-electron chi connectivity index (χ0n) is 27.3. The third-order valence-corrected chi connectivity index (χ3v) is 8.84. The molecule has 2 aliphatic rings. The molecule has 1 N–H and O–H groups in total. The van der Waals surface area contributed by atoms with E-state index >= 15 is 0 Å². The third kappa shape index (κ3) is 7.80. The second-order valence-corrected chi connectivity index (χ2v) is 12.2. The number of likely N-dealkylation sites (tertiary alicyclic amines) is 1. The Balaban J connectivity index is 1.38. The summed E-state index contributed by atoms with van der Waals surface area (Å²) in [6, 6.07) is 5.15. The summed E-state index contributed by atoms with van der Waals surface area (Å²) in [7, 11) is 3.06. The lowest BCUT2D eigenvalue weighted by atomic mass is 10.0. The van der Waals surface area contributed by atoms with Crippen LogP contribution < -0.4 is 20.3 Å². The van der Waals surface area contributed by atoms with Crippen LogP contribution in [-0.2, 0) is 16.1 Å². The van der Waals surface area contributed by atoms with E-state index in [4.69, 9.17) is 30.8 Å². The van der Waals surface area contributed by atoms with Crippen LogP contribution in [0.4, 0.5) is 5.95 Å². The molecule has 2 fully saturated rings. The van der Waals surface area contributed by atoms with Gasteiger partial charge in [-0.25, -0.2) is 4.98 Å². The zero-order valence-corrected chi connectivity index (χ0v) is 28.1. The van der Waals surface area contributed by atoms with Gasteiger partial charge in [-0.1, -0.05) is 24.1 Å². The molecular formula is C33H44ClN7O5.